The number of benzene rings is 1. The molecule has 0 saturated carbocycles. The molecule has 2 rings (SSSR count). The number of amides is 1. The minimum Gasteiger partial charge on any atom is -0.396 e. The molecule has 3 heteroatoms. The first kappa shape index (κ1) is 14.1. The maximum atomic E-state index is 12.2. The van der Waals surface area contributed by atoms with Gasteiger partial charge in [0.2, 0.25) is 0 Å². The van der Waals surface area contributed by atoms with Crippen molar-refractivity contribution in [2.45, 2.75) is 51.5 Å². The Labute approximate surface area is 115 Å². The summed E-state index contributed by atoms with van der Waals surface area (Å²) in [6, 6.07) is 6.12. The van der Waals surface area contributed by atoms with E-state index in [2.05, 4.69) is 11.4 Å². The molecular weight excluding hydrogens is 238 g/mol. The lowest BCUT2D eigenvalue weighted by molar-refractivity contribution is 0.0929. The Morgan fingerprint density at radius 2 is 2.05 bits per heavy atom. The van der Waals surface area contributed by atoms with Gasteiger partial charge < -0.3 is 10.4 Å². The summed E-state index contributed by atoms with van der Waals surface area (Å²) in [5.74, 6) is -0.0197. The van der Waals surface area contributed by atoms with Gasteiger partial charge in [0.1, 0.15) is 0 Å². The normalized spacial score (nSPS) is 15.7. The lowest BCUT2D eigenvalue weighted by atomic mass is 9.90. The number of hydrogen-bond donors (Lipinski definition) is 2. The van der Waals surface area contributed by atoms with Crippen molar-refractivity contribution in [2.24, 2.45) is 0 Å². The molecule has 2 N–H and O–H groups in total. The molecule has 0 fully saturated rings. The molecule has 3 nitrogen and oxygen atoms in total. The molecule has 0 saturated heterocycles. The number of aliphatic hydroxyl groups excluding tert-OH is 1. The van der Waals surface area contributed by atoms with E-state index in [0.29, 0.717) is 6.42 Å². The Hall–Kier alpha value is -1.35. The highest BCUT2D eigenvalue weighted by molar-refractivity contribution is 5.94. The first-order valence-electron chi connectivity index (χ1n) is 7.28. The van der Waals surface area contributed by atoms with Crippen molar-refractivity contribution < 1.29 is 9.90 Å². The van der Waals surface area contributed by atoms with E-state index in [-0.39, 0.29) is 18.6 Å². The SMILES string of the molecule is CCC(CCO)NC(=O)c1ccc2c(c1)CCCC2. The standard InChI is InChI=1S/C16H23NO2/c1-2-15(9-10-18)17-16(19)14-8-7-12-5-3-4-6-13(12)11-14/h7-8,11,15,18H,2-6,9-10H2,1H3,(H,17,19). The van der Waals surface area contributed by atoms with Crippen molar-refractivity contribution in [3.8, 4) is 0 Å². The Bertz CT molecular complexity index is 442. The van der Waals surface area contributed by atoms with Gasteiger partial charge in [-0.15, -0.1) is 0 Å². The summed E-state index contributed by atoms with van der Waals surface area (Å²) >= 11 is 0. The van der Waals surface area contributed by atoms with Crippen LogP contribution in [0.15, 0.2) is 18.2 Å². The van der Waals surface area contributed by atoms with Gasteiger partial charge in [0.25, 0.3) is 5.91 Å². The molecule has 1 atom stereocenters. The molecule has 19 heavy (non-hydrogen) atoms. The fraction of sp³-hybridized carbons (Fsp3) is 0.562. The second-order valence-corrected chi connectivity index (χ2v) is 5.28. The number of rotatable bonds is 5. The maximum absolute atomic E-state index is 12.2. The van der Waals surface area contributed by atoms with E-state index in [1.165, 1.54) is 24.0 Å². The van der Waals surface area contributed by atoms with Crippen LogP contribution >= 0.6 is 0 Å². The molecule has 0 heterocycles. The van der Waals surface area contributed by atoms with Crippen LogP contribution in [0.1, 0.15) is 54.1 Å². The fourth-order valence-corrected chi connectivity index (χ4v) is 2.68. The summed E-state index contributed by atoms with van der Waals surface area (Å²) in [7, 11) is 0. The van der Waals surface area contributed by atoms with Crippen molar-refractivity contribution in [3.63, 3.8) is 0 Å². The quantitative estimate of drug-likeness (QED) is 0.855. The van der Waals surface area contributed by atoms with Crippen LogP contribution in [-0.4, -0.2) is 23.7 Å². The first-order valence-corrected chi connectivity index (χ1v) is 7.28. The van der Waals surface area contributed by atoms with Crippen LogP contribution < -0.4 is 5.32 Å². The van der Waals surface area contributed by atoms with E-state index in [1.807, 2.05) is 19.1 Å². The van der Waals surface area contributed by atoms with Gasteiger partial charge in [0.15, 0.2) is 0 Å². The maximum Gasteiger partial charge on any atom is 0.251 e. The second kappa shape index (κ2) is 6.71. The summed E-state index contributed by atoms with van der Waals surface area (Å²) in [5.41, 5.74) is 3.47. The van der Waals surface area contributed by atoms with E-state index < -0.39 is 0 Å². The number of carbonyl (C=O) groups is 1. The highest BCUT2D eigenvalue weighted by Crippen LogP contribution is 2.22. The predicted octanol–water partition coefficient (Wildman–Crippen LogP) is 2.46. The number of nitrogens with one attached hydrogen (secondary N) is 1. The first-order chi connectivity index (χ1) is 9.24. The Kier molecular flexibility index (Phi) is 4.97. The van der Waals surface area contributed by atoms with Crippen LogP contribution in [-0.2, 0) is 12.8 Å². The molecular formula is C16H23NO2. The van der Waals surface area contributed by atoms with Crippen LogP contribution in [0.4, 0.5) is 0 Å². The second-order valence-electron chi connectivity index (χ2n) is 5.28. The van der Waals surface area contributed by atoms with Crippen molar-refractivity contribution in [3.05, 3.63) is 34.9 Å². The van der Waals surface area contributed by atoms with Crippen LogP contribution in [0.2, 0.25) is 0 Å². The van der Waals surface area contributed by atoms with E-state index in [9.17, 15) is 4.79 Å². The Morgan fingerprint density at radius 1 is 1.32 bits per heavy atom. The Morgan fingerprint density at radius 3 is 2.74 bits per heavy atom. The molecule has 1 aliphatic rings. The molecule has 0 aliphatic heterocycles. The molecule has 1 aromatic rings. The summed E-state index contributed by atoms with van der Waals surface area (Å²) in [6.07, 6.45) is 6.17. The highest BCUT2D eigenvalue weighted by Gasteiger charge is 2.15. The van der Waals surface area contributed by atoms with Crippen molar-refractivity contribution in [2.75, 3.05) is 6.61 Å². The Balaban J connectivity index is 2.06. The average molecular weight is 261 g/mol. The number of carbonyl (C=O) groups excluding carboxylic acids is 1. The van der Waals surface area contributed by atoms with Gasteiger partial charge in [-0.3, -0.25) is 4.79 Å². The summed E-state index contributed by atoms with van der Waals surface area (Å²) in [4.78, 5) is 12.2. The zero-order valence-electron chi connectivity index (χ0n) is 11.6. The number of hydrogen-bond acceptors (Lipinski definition) is 2. The van der Waals surface area contributed by atoms with E-state index in [0.717, 1.165) is 24.8 Å². The molecule has 1 aliphatic carbocycles. The highest BCUT2D eigenvalue weighted by atomic mass is 16.3. The largest absolute Gasteiger partial charge is 0.396 e. The minimum absolute atomic E-state index is 0.0197. The molecule has 0 spiro atoms. The minimum atomic E-state index is -0.0197. The number of aryl methyl sites for hydroxylation is 2. The van der Waals surface area contributed by atoms with Gasteiger partial charge in [-0.1, -0.05) is 13.0 Å². The molecule has 0 bridgehead atoms. The summed E-state index contributed by atoms with van der Waals surface area (Å²) in [6.45, 7) is 2.14. The third-order valence-corrected chi connectivity index (χ3v) is 3.92. The lowest BCUT2D eigenvalue weighted by Crippen LogP contribution is -2.35. The van der Waals surface area contributed by atoms with E-state index in [4.69, 9.17) is 5.11 Å². The van der Waals surface area contributed by atoms with Crippen LogP contribution in [0.3, 0.4) is 0 Å². The summed E-state index contributed by atoms with van der Waals surface area (Å²) in [5, 5.41) is 11.9. The van der Waals surface area contributed by atoms with Crippen molar-refractivity contribution >= 4 is 5.91 Å². The molecule has 104 valence electrons. The lowest BCUT2D eigenvalue weighted by Gasteiger charge is -2.18. The van der Waals surface area contributed by atoms with Crippen molar-refractivity contribution in [1.82, 2.24) is 5.32 Å². The van der Waals surface area contributed by atoms with Gasteiger partial charge in [-0.25, -0.2) is 0 Å². The number of aliphatic hydroxyl groups is 1. The van der Waals surface area contributed by atoms with E-state index >= 15 is 0 Å². The fourth-order valence-electron chi connectivity index (χ4n) is 2.68. The van der Waals surface area contributed by atoms with Gasteiger partial charge in [0.05, 0.1) is 0 Å². The smallest absolute Gasteiger partial charge is 0.251 e. The zero-order valence-corrected chi connectivity index (χ0v) is 11.6. The monoisotopic (exact) mass is 261 g/mol. The molecule has 1 unspecified atom stereocenters. The van der Waals surface area contributed by atoms with Crippen LogP contribution in [0, 0.1) is 0 Å². The number of fused-ring (bicyclic) bond motifs is 1. The molecule has 0 aromatic heterocycles. The van der Waals surface area contributed by atoms with Crippen molar-refractivity contribution in [1.29, 1.82) is 0 Å². The van der Waals surface area contributed by atoms with Gasteiger partial charge in [-0.05, 0) is 61.8 Å². The van der Waals surface area contributed by atoms with Gasteiger partial charge in [-0.2, -0.15) is 0 Å². The average Bonchev–Trinajstić information content (AvgIpc) is 2.46. The van der Waals surface area contributed by atoms with Gasteiger partial charge >= 0.3 is 0 Å². The zero-order chi connectivity index (χ0) is 13.7. The summed E-state index contributed by atoms with van der Waals surface area (Å²) < 4.78 is 0. The topological polar surface area (TPSA) is 49.3 Å². The predicted molar refractivity (Wildman–Crippen MR) is 76.3 cm³/mol. The third kappa shape index (κ3) is 3.57. The molecule has 1 amide bonds. The van der Waals surface area contributed by atoms with Crippen LogP contribution in [0.25, 0.3) is 0 Å². The molecule has 1 aromatic carbocycles. The van der Waals surface area contributed by atoms with Gasteiger partial charge in [0, 0.05) is 18.2 Å². The molecule has 0 radical (unpaired) electrons. The van der Waals surface area contributed by atoms with E-state index in [1.54, 1.807) is 0 Å². The third-order valence-electron chi connectivity index (χ3n) is 3.92. The van der Waals surface area contributed by atoms with Crippen LogP contribution in [0.5, 0.6) is 0 Å².